The number of ether oxygens (including phenoxy) is 1. The summed E-state index contributed by atoms with van der Waals surface area (Å²) in [6, 6.07) is 8.56. The van der Waals surface area contributed by atoms with Gasteiger partial charge >= 0.3 is 0 Å². The van der Waals surface area contributed by atoms with Crippen LogP contribution < -0.4 is 5.32 Å². The fourth-order valence-electron chi connectivity index (χ4n) is 2.34. The summed E-state index contributed by atoms with van der Waals surface area (Å²) in [4.78, 5) is 0. The quantitative estimate of drug-likeness (QED) is 0.695. The van der Waals surface area contributed by atoms with Gasteiger partial charge in [-0.3, -0.25) is 0 Å². The molecule has 2 nitrogen and oxygen atoms in total. The summed E-state index contributed by atoms with van der Waals surface area (Å²) in [6.45, 7) is 1.90. The Morgan fingerprint density at radius 3 is 2.93 bits per heavy atom. The first kappa shape index (κ1) is 8.84. The van der Waals surface area contributed by atoms with Crippen molar-refractivity contribution in [3.8, 4) is 0 Å². The largest absolute Gasteiger partial charge is 0.491 e. The number of rotatable bonds is 0. The van der Waals surface area contributed by atoms with Gasteiger partial charge in [0.25, 0.3) is 0 Å². The number of nitrogens with one attached hydrogen (secondary N) is 1. The normalized spacial score (nSPS) is 24.3. The van der Waals surface area contributed by atoms with Crippen LogP contribution in [0.3, 0.4) is 0 Å². The lowest BCUT2D eigenvalue weighted by molar-refractivity contribution is 0.266. The zero-order chi connectivity index (χ0) is 10.1. The van der Waals surface area contributed by atoms with Crippen LogP contribution in [0, 0.1) is 0 Å². The van der Waals surface area contributed by atoms with E-state index in [0.717, 1.165) is 31.8 Å². The molecule has 0 aliphatic carbocycles. The fourth-order valence-corrected chi connectivity index (χ4v) is 2.34. The minimum absolute atomic E-state index is 0.817. The second kappa shape index (κ2) is 3.61. The van der Waals surface area contributed by atoms with Gasteiger partial charge in [-0.1, -0.05) is 24.3 Å². The summed E-state index contributed by atoms with van der Waals surface area (Å²) in [7, 11) is 0. The lowest BCUT2D eigenvalue weighted by Gasteiger charge is -2.22. The molecule has 0 atom stereocenters. The molecule has 1 saturated heterocycles. The smallest absolute Gasteiger partial charge is 0.145 e. The molecule has 2 aliphatic rings. The van der Waals surface area contributed by atoms with Crippen molar-refractivity contribution in [3.05, 3.63) is 41.1 Å². The fraction of sp³-hybridized carbons (Fsp3) is 0.385. The molecule has 0 bridgehead atoms. The Morgan fingerprint density at radius 1 is 1.13 bits per heavy atom. The van der Waals surface area contributed by atoms with Crippen LogP contribution in [0.2, 0.25) is 0 Å². The van der Waals surface area contributed by atoms with Crippen molar-refractivity contribution >= 4 is 5.76 Å². The maximum atomic E-state index is 5.81. The number of benzene rings is 1. The number of allylic oxidation sites excluding steroid dienone is 1. The van der Waals surface area contributed by atoms with Crippen molar-refractivity contribution in [1.29, 1.82) is 0 Å². The minimum atomic E-state index is 0.817. The van der Waals surface area contributed by atoms with Crippen molar-refractivity contribution in [2.45, 2.75) is 19.3 Å². The third kappa shape index (κ3) is 1.50. The molecule has 15 heavy (non-hydrogen) atoms. The zero-order valence-corrected chi connectivity index (χ0v) is 8.75. The summed E-state index contributed by atoms with van der Waals surface area (Å²) in [5.74, 6) is 1.09. The first-order chi connectivity index (χ1) is 7.45. The van der Waals surface area contributed by atoms with Gasteiger partial charge in [0, 0.05) is 18.5 Å². The molecule has 3 rings (SSSR count). The van der Waals surface area contributed by atoms with Crippen molar-refractivity contribution < 1.29 is 4.74 Å². The molecule has 0 aromatic heterocycles. The second-order valence-electron chi connectivity index (χ2n) is 4.09. The molecule has 0 amide bonds. The molecule has 0 spiro atoms. The summed E-state index contributed by atoms with van der Waals surface area (Å²) in [5.41, 5.74) is 4.00. The van der Waals surface area contributed by atoms with Crippen LogP contribution in [0.4, 0.5) is 0 Å². The number of hydrogen-bond acceptors (Lipinski definition) is 2. The standard InChI is InChI=1S/C13H15NO/c1-2-5-11-10(4-1)7-9-15-13(11)12-6-3-8-14-12/h1-2,4-5,14H,3,6-9H2/b13-12-. The van der Waals surface area contributed by atoms with Gasteiger partial charge in [0.1, 0.15) is 5.76 Å². The van der Waals surface area contributed by atoms with E-state index in [1.165, 1.54) is 23.2 Å². The van der Waals surface area contributed by atoms with Crippen LogP contribution in [0.5, 0.6) is 0 Å². The van der Waals surface area contributed by atoms with Crippen molar-refractivity contribution in [2.75, 3.05) is 13.2 Å². The summed E-state index contributed by atoms with van der Waals surface area (Å²) in [6.07, 6.45) is 3.39. The van der Waals surface area contributed by atoms with Crippen molar-refractivity contribution in [1.82, 2.24) is 5.32 Å². The van der Waals surface area contributed by atoms with Crippen molar-refractivity contribution in [2.24, 2.45) is 0 Å². The molecule has 0 saturated carbocycles. The van der Waals surface area contributed by atoms with Gasteiger partial charge in [0.15, 0.2) is 0 Å². The van der Waals surface area contributed by atoms with E-state index in [-0.39, 0.29) is 0 Å². The predicted molar refractivity (Wildman–Crippen MR) is 60.3 cm³/mol. The van der Waals surface area contributed by atoms with Gasteiger partial charge in [-0.15, -0.1) is 0 Å². The lowest BCUT2D eigenvalue weighted by atomic mass is 9.99. The monoisotopic (exact) mass is 201 g/mol. The summed E-state index contributed by atoms with van der Waals surface area (Å²) in [5, 5.41) is 3.42. The van der Waals surface area contributed by atoms with Gasteiger partial charge < -0.3 is 10.1 Å². The molecular formula is C13H15NO. The highest BCUT2D eigenvalue weighted by Gasteiger charge is 2.20. The minimum Gasteiger partial charge on any atom is -0.491 e. The van der Waals surface area contributed by atoms with E-state index in [9.17, 15) is 0 Å². The van der Waals surface area contributed by atoms with Crippen LogP contribution in [0.1, 0.15) is 24.0 Å². The highest BCUT2D eigenvalue weighted by atomic mass is 16.5. The molecule has 0 unspecified atom stereocenters. The van der Waals surface area contributed by atoms with E-state index in [1.807, 2.05) is 0 Å². The highest BCUT2D eigenvalue weighted by Crippen LogP contribution is 2.30. The van der Waals surface area contributed by atoms with E-state index < -0.39 is 0 Å². The molecule has 0 radical (unpaired) electrons. The van der Waals surface area contributed by atoms with E-state index in [4.69, 9.17) is 4.74 Å². The maximum absolute atomic E-state index is 5.81. The van der Waals surface area contributed by atoms with E-state index in [1.54, 1.807) is 0 Å². The average molecular weight is 201 g/mol. The highest BCUT2D eigenvalue weighted by molar-refractivity contribution is 5.67. The van der Waals surface area contributed by atoms with Crippen LogP contribution >= 0.6 is 0 Å². The number of hydrogen-bond donors (Lipinski definition) is 1. The van der Waals surface area contributed by atoms with E-state index >= 15 is 0 Å². The molecule has 1 aromatic rings. The summed E-state index contributed by atoms with van der Waals surface area (Å²) < 4.78 is 5.81. The van der Waals surface area contributed by atoms with E-state index in [2.05, 4.69) is 29.6 Å². The number of fused-ring (bicyclic) bond motifs is 1. The Hall–Kier alpha value is -1.44. The van der Waals surface area contributed by atoms with Crippen molar-refractivity contribution in [3.63, 3.8) is 0 Å². The second-order valence-corrected chi connectivity index (χ2v) is 4.09. The third-order valence-corrected chi connectivity index (χ3v) is 3.10. The van der Waals surface area contributed by atoms with Crippen LogP contribution in [0.15, 0.2) is 30.0 Å². The van der Waals surface area contributed by atoms with Crippen LogP contribution in [0.25, 0.3) is 5.76 Å². The Morgan fingerprint density at radius 2 is 2.07 bits per heavy atom. The van der Waals surface area contributed by atoms with Gasteiger partial charge in [-0.25, -0.2) is 0 Å². The van der Waals surface area contributed by atoms with Gasteiger partial charge in [0.2, 0.25) is 0 Å². The first-order valence-electron chi connectivity index (χ1n) is 5.63. The molecule has 1 N–H and O–H groups in total. The lowest BCUT2D eigenvalue weighted by Crippen LogP contribution is -2.14. The van der Waals surface area contributed by atoms with Gasteiger partial charge in [0.05, 0.1) is 12.3 Å². The topological polar surface area (TPSA) is 21.3 Å². The molecule has 1 aromatic carbocycles. The molecule has 2 aliphatic heterocycles. The SMILES string of the molecule is c1ccc2c(c1)CCO/C2=C1/CCCN1. The Balaban J connectivity index is 2.09. The zero-order valence-electron chi connectivity index (χ0n) is 8.75. The summed E-state index contributed by atoms with van der Waals surface area (Å²) >= 11 is 0. The first-order valence-corrected chi connectivity index (χ1v) is 5.63. The van der Waals surface area contributed by atoms with E-state index in [0.29, 0.717) is 0 Å². The third-order valence-electron chi connectivity index (χ3n) is 3.10. The molecule has 78 valence electrons. The Labute approximate surface area is 89.9 Å². The molecular weight excluding hydrogens is 186 g/mol. The predicted octanol–water partition coefficient (Wildman–Crippen LogP) is 2.31. The van der Waals surface area contributed by atoms with Crippen LogP contribution in [-0.4, -0.2) is 13.2 Å². The Bertz CT molecular complexity index is 401. The molecule has 2 heterocycles. The van der Waals surface area contributed by atoms with Crippen LogP contribution in [-0.2, 0) is 11.2 Å². The Kier molecular flexibility index (Phi) is 2.13. The van der Waals surface area contributed by atoms with Gasteiger partial charge in [-0.2, -0.15) is 0 Å². The van der Waals surface area contributed by atoms with Gasteiger partial charge in [-0.05, 0) is 18.4 Å². The maximum Gasteiger partial charge on any atom is 0.145 e. The molecule has 2 heteroatoms. The average Bonchev–Trinajstić information content (AvgIpc) is 2.82. The molecule has 1 fully saturated rings.